The molecular weight excluding hydrogens is 282 g/mol. The highest BCUT2D eigenvalue weighted by atomic mass is 16.7. The van der Waals surface area contributed by atoms with Gasteiger partial charge >= 0.3 is 0 Å². The van der Waals surface area contributed by atoms with Crippen molar-refractivity contribution >= 4 is 5.91 Å². The van der Waals surface area contributed by atoms with E-state index in [0.717, 1.165) is 22.6 Å². The van der Waals surface area contributed by atoms with Gasteiger partial charge in [0.15, 0.2) is 11.5 Å². The molecule has 0 radical (unpaired) electrons. The van der Waals surface area contributed by atoms with Gasteiger partial charge < -0.3 is 20.1 Å². The molecular formula is C16H17N3O3. The smallest absolute Gasteiger partial charge is 0.234 e. The zero-order chi connectivity index (χ0) is 15.2. The molecule has 0 aliphatic carbocycles. The van der Waals surface area contributed by atoms with E-state index < -0.39 is 0 Å². The Kier molecular flexibility index (Phi) is 4.50. The molecule has 1 amide bonds. The average molecular weight is 299 g/mol. The molecule has 0 spiro atoms. The lowest BCUT2D eigenvalue weighted by Gasteiger charge is -2.07. The summed E-state index contributed by atoms with van der Waals surface area (Å²) in [6.45, 7) is 1.63. The first-order valence-electron chi connectivity index (χ1n) is 7.06. The molecule has 0 fully saturated rings. The lowest BCUT2D eigenvalue weighted by atomic mass is 10.2. The summed E-state index contributed by atoms with van der Waals surface area (Å²) in [4.78, 5) is 15.7. The molecule has 1 aliphatic heterocycles. The highest BCUT2D eigenvalue weighted by Crippen LogP contribution is 2.32. The third-order valence-corrected chi connectivity index (χ3v) is 3.29. The van der Waals surface area contributed by atoms with Crippen molar-refractivity contribution in [1.29, 1.82) is 0 Å². The van der Waals surface area contributed by atoms with Crippen molar-refractivity contribution in [2.24, 2.45) is 0 Å². The standard InChI is InChI=1S/C16H17N3O3/c20-16(19-9-12-3-5-17-6-4-12)10-18-8-13-1-2-14-15(7-13)22-11-21-14/h1-7,18H,8-11H2,(H,19,20). The predicted octanol–water partition coefficient (Wildman–Crippen LogP) is 1.22. The van der Waals surface area contributed by atoms with Crippen molar-refractivity contribution in [3.63, 3.8) is 0 Å². The van der Waals surface area contributed by atoms with Crippen molar-refractivity contribution < 1.29 is 14.3 Å². The van der Waals surface area contributed by atoms with E-state index in [9.17, 15) is 4.79 Å². The second kappa shape index (κ2) is 6.91. The maximum atomic E-state index is 11.8. The summed E-state index contributed by atoms with van der Waals surface area (Å²) in [5.74, 6) is 1.47. The van der Waals surface area contributed by atoms with Gasteiger partial charge in [0.1, 0.15) is 0 Å². The third kappa shape index (κ3) is 3.73. The number of hydrogen-bond donors (Lipinski definition) is 2. The number of hydrogen-bond acceptors (Lipinski definition) is 5. The largest absolute Gasteiger partial charge is 0.454 e. The third-order valence-electron chi connectivity index (χ3n) is 3.29. The number of fused-ring (bicyclic) bond motifs is 1. The van der Waals surface area contributed by atoms with E-state index in [2.05, 4.69) is 15.6 Å². The Bertz CT molecular complexity index is 646. The van der Waals surface area contributed by atoms with E-state index in [4.69, 9.17) is 9.47 Å². The van der Waals surface area contributed by atoms with E-state index in [-0.39, 0.29) is 19.2 Å². The minimum absolute atomic E-state index is 0.0439. The van der Waals surface area contributed by atoms with Crippen molar-refractivity contribution in [2.45, 2.75) is 13.1 Å². The fourth-order valence-corrected chi connectivity index (χ4v) is 2.14. The van der Waals surface area contributed by atoms with Gasteiger partial charge in [-0.3, -0.25) is 9.78 Å². The second-order valence-electron chi connectivity index (χ2n) is 4.92. The number of ether oxygens (including phenoxy) is 2. The van der Waals surface area contributed by atoms with Gasteiger partial charge in [0.25, 0.3) is 0 Å². The van der Waals surface area contributed by atoms with Gasteiger partial charge in [-0.25, -0.2) is 0 Å². The topological polar surface area (TPSA) is 72.5 Å². The van der Waals surface area contributed by atoms with Crippen LogP contribution < -0.4 is 20.1 Å². The molecule has 6 nitrogen and oxygen atoms in total. The predicted molar refractivity (Wildman–Crippen MR) is 80.4 cm³/mol. The Hall–Kier alpha value is -2.60. The maximum absolute atomic E-state index is 11.8. The minimum atomic E-state index is -0.0439. The highest BCUT2D eigenvalue weighted by Gasteiger charge is 2.13. The number of amides is 1. The van der Waals surface area contributed by atoms with Crippen LogP contribution in [0.15, 0.2) is 42.7 Å². The number of rotatable bonds is 6. The van der Waals surface area contributed by atoms with Crippen molar-refractivity contribution in [3.8, 4) is 11.5 Å². The number of carbonyl (C=O) groups is 1. The Morgan fingerprint density at radius 2 is 1.86 bits per heavy atom. The number of aromatic nitrogens is 1. The first kappa shape index (κ1) is 14.3. The highest BCUT2D eigenvalue weighted by molar-refractivity contribution is 5.77. The van der Waals surface area contributed by atoms with E-state index in [1.807, 2.05) is 30.3 Å². The second-order valence-corrected chi connectivity index (χ2v) is 4.92. The first-order chi connectivity index (χ1) is 10.8. The van der Waals surface area contributed by atoms with E-state index in [1.54, 1.807) is 12.4 Å². The molecule has 2 heterocycles. The summed E-state index contributed by atoms with van der Waals surface area (Å²) < 4.78 is 10.6. The lowest BCUT2D eigenvalue weighted by molar-refractivity contribution is -0.120. The molecule has 1 aromatic heterocycles. The Labute approximate surface area is 128 Å². The van der Waals surface area contributed by atoms with Gasteiger partial charge in [-0.15, -0.1) is 0 Å². The quantitative estimate of drug-likeness (QED) is 0.839. The van der Waals surface area contributed by atoms with Gasteiger partial charge in [-0.05, 0) is 35.4 Å². The molecule has 2 aromatic rings. The fourth-order valence-electron chi connectivity index (χ4n) is 2.14. The lowest BCUT2D eigenvalue weighted by Crippen LogP contribution is -2.33. The maximum Gasteiger partial charge on any atom is 0.234 e. The number of carbonyl (C=O) groups excluding carboxylic acids is 1. The molecule has 6 heteroatoms. The number of pyridine rings is 1. The molecule has 1 aliphatic rings. The molecule has 0 unspecified atom stereocenters. The van der Waals surface area contributed by atoms with Gasteiger partial charge in [0, 0.05) is 25.5 Å². The molecule has 3 rings (SSSR count). The van der Waals surface area contributed by atoms with Gasteiger partial charge in [0.05, 0.1) is 6.54 Å². The van der Waals surface area contributed by atoms with Crippen LogP contribution in [0.3, 0.4) is 0 Å². The summed E-state index contributed by atoms with van der Waals surface area (Å²) in [5.41, 5.74) is 2.07. The normalized spacial score (nSPS) is 12.2. The van der Waals surface area contributed by atoms with Crippen LogP contribution in [0.25, 0.3) is 0 Å². The van der Waals surface area contributed by atoms with Gasteiger partial charge in [0.2, 0.25) is 12.7 Å². The average Bonchev–Trinajstić information content (AvgIpc) is 3.02. The Balaban J connectivity index is 1.40. The summed E-state index contributed by atoms with van der Waals surface area (Å²) in [6.07, 6.45) is 3.42. The van der Waals surface area contributed by atoms with Crippen LogP contribution in [-0.2, 0) is 17.9 Å². The summed E-state index contributed by atoms with van der Waals surface area (Å²) in [6, 6.07) is 9.50. The zero-order valence-electron chi connectivity index (χ0n) is 12.0. The van der Waals surface area contributed by atoms with Crippen LogP contribution in [-0.4, -0.2) is 24.2 Å². The number of benzene rings is 1. The van der Waals surface area contributed by atoms with Gasteiger partial charge in [-0.2, -0.15) is 0 Å². The van der Waals surface area contributed by atoms with Crippen molar-refractivity contribution in [3.05, 3.63) is 53.9 Å². The van der Waals surface area contributed by atoms with E-state index in [0.29, 0.717) is 13.1 Å². The van der Waals surface area contributed by atoms with Crippen LogP contribution in [0.1, 0.15) is 11.1 Å². The number of nitrogens with one attached hydrogen (secondary N) is 2. The summed E-state index contributed by atoms with van der Waals surface area (Å²) in [5, 5.41) is 5.96. The Morgan fingerprint density at radius 1 is 1.05 bits per heavy atom. The van der Waals surface area contributed by atoms with Crippen LogP contribution in [0.5, 0.6) is 11.5 Å². The van der Waals surface area contributed by atoms with Crippen LogP contribution in [0.2, 0.25) is 0 Å². The SMILES string of the molecule is O=C(CNCc1ccc2c(c1)OCO2)NCc1ccncc1. The van der Waals surface area contributed by atoms with Crippen molar-refractivity contribution in [1.82, 2.24) is 15.6 Å². The fraction of sp³-hybridized carbons (Fsp3) is 0.250. The molecule has 0 saturated carbocycles. The van der Waals surface area contributed by atoms with Crippen molar-refractivity contribution in [2.75, 3.05) is 13.3 Å². The monoisotopic (exact) mass is 299 g/mol. The summed E-state index contributed by atoms with van der Waals surface area (Å²) in [7, 11) is 0. The van der Waals surface area contributed by atoms with Crippen LogP contribution >= 0.6 is 0 Å². The minimum Gasteiger partial charge on any atom is -0.454 e. The zero-order valence-corrected chi connectivity index (χ0v) is 12.0. The molecule has 114 valence electrons. The molecule has 2 N–H and O–H groups in total. The molecule has 0 saturated heterocycles. The van der Waals surface area contributed by atoms with E-state index in [1.165, 1.54) is 0 Å². The molecule has 1 aromatic carbocycles. The van der Waals surface area contributed by atoms with Crippen LogP contribution in [0.4, 0.5) is 0 Å². The first-order valence-corrected chi connectivity index (χ1v) is 7.06. The van der Waals surface area contributed by atoms with E-state index >= 15 is 0 Å². The Morgan fingerprint density at radius 3 is 2.73 bits per heavy atom. The number of nitrogens with zero attached hydrogens (tertiary/aromatic N) is 1. The van der Waals surface area contributed by atoms with Gasteiger partial charge in [-0.1, -0.05) is 6.07 Å². The molecule has 0 bridgehead atoms. The summed E-state index contributed by atoms with van der Waals surface area (Å²) >= 11 is 0. The van der Waals surface area contributed by atoms with Crippen LogP contribution in [0, 0.1) is 0 Å². The molecule has 22 heavy (non-hydrogen) atoms. The molecule has 0 atom stereocenters.